The first-order valence-corrected chi connectivity index (χ1v) is 8.06. The number of hydrogen-bond donors (Lipinski definition) is 1. The zero-order chi connectivity index (χ0) is 15.9. The van der Waals surface area contributed by atoms with E-state index in [0.29, 0.717) is 18.6 Å². The molecular weight excluding hydrogens is 278 g/mol. The monoisotopic (exact) mass is 303 g/mol. The van der Waals surface area contributed by atoms with Crippen molar-refractivity contribution >= 4 is 11.7 Å². The van der Waals surface area contributed by atoms with E-state index >= 15 is 0 Å². The van der Waals surface area contributed by atoms with Gasteiger partial charge in [-0.15, -0.1) is 0 Å². The summed E-state index contributed by atoms with van der Waals surface area (Å²) in [6, 6.07) is 0. The van der Waals surface area contributed by atoms with E-state index < -0.39 is 0 Å². The van der Waals surface area contributed by atoms with Gasteiger partial charge in [0.25, 0.3) is 5.78 Å². The zero-order valence-electron chi connectivity index (χ0n) is 13.7. The number of amides is 1. The Hall–Kier alpha value is -1.98. The number of unbranched alkanes of at least 4 members (excludes halogenated alkanes) is 3. The standard InChI is InChI=1S/C16H25N5O/c1-4-5-6-7-10-17-15(22)9-8-14-12(2)20-16-18-11-19-21(16)13(14)3/h11H,4-10H2,1-3H3,(H,17,22). The topological polar surface area (TPSA) is 72.2 Å². The maximum atomic E-state index is 11.9. The van der Waals surface area contributed by atoms with E-state index in [1.165, 1.54) is 25.6 Å². The average Bonchev–Trinajstić information content (AvgIpc) is 2.95. The Labute approximate surface area is 131 Å². The second-order valence-electron chi connectivity index (χ2n) is 5.64. The highest BCUT2D eigenvalue weighted by molar-refractivity contribution is 5.76. The van der Waals surface area contributed by atoms with E-state index in [9.17, 15) is 4.79 Å². The highest BCUT2D eigenvalue weighted by atomic mass is 16.1. The van der Waals surface area contributed by atoms with Crippen molar-refractivity contribution < 1.29 is 4.79 Å². The summed E-state index contributed by atoms with van der Waals surface area (Å²) >= 11 is 0. The van der Waals surface area contributed by atoms with E-state index in [0.717, 1.165) is 29.9 Å². The van der Waals surface area contributed by atoms with Crippen molar-refractivity contribution in [3.05, 3.63) is 23.3 Å². The van der Waals surface area contributed by atoms with Gasteiger partial charge in [-0.1, -0.05) is 26.2 Å². The molecule has 2 rings (SSSR count). The number of nitrogens with one attached hydrogen (secondary N) is 1. The van der Waals surface area contributed by atoms with Crippen molar-refractivity contribution in [2.75, 3.05) is 6.54 Å². The Morgan fingerprint density at radius 1 is 1.27 bits per heavy atom. The van der Waals surface area contributed by atoms with Crippen LogP contribution in [0.5, 0.6) is 0 Å². The fourth-order valence-electron chi connectivity index (χ4n) is 2.62. The molecule has 22 heavy (non-hydrogen) atoms. The van der Waals surface area contributed by atoms with Crippen LogP contribution in [-0.4, -0.2) is 32.0 Å². The number of carbonyl (C=O) groups excluding carboxylic acids is 1. The molecule has 1 N–H and O–H groups in total. The van der Waals surface area contributed by atoms with Gasteiger partial charge in [-0.05, 0) is 32.3 Å². The normalized spacial score (nSPS) is 11.0. The van der Waals surface area contributed by atoms with Gasteiger partial charge >= 0.3 is 0 Å². The Kier molecular flexibility index (Phi) is 5.86. The van der Waals surface area contributed by atoms with Crippen LogP contribution in [0.1, 0.15) is 56.0 Å². The van der Waals surface area contributed by atoms with E-state index in [1.54, 1.807) is 4.52 Å². The minimum Gasteiger partial charge on any atom is -0.356 e. The molecular formula is C16H25N5O. The molecule has 0 spiro atoms. The number of carbonyl (C=O) groups is 1. The summed E-state index contributed by atoms with van der Waals surface area (Å²) in [5, 5.41) is 7.16. The number of rotatable bonds is 8. The molecule has 0 saturated heterocycles. The molecule has 2 aromatic heterocycles. The van der Waals surface area contributed by atoms with Gasteiger partial charge in [0.05, 0.1) is 0 Å². The first-order valence-electron chi connectivity index (χ1n) is 8.06. The molecule has 0 radical (unpaired) electrons. The molecule has 0 bridgehead atoms. The Morgan fingerprint density at radius 2 is 2.09 bits per heavy atom. The number of aryl methyl sites for hydroxylation is 2. The van der Waals surface area contributed by atoms with Crippen LogP contribution in [0.2, 0.25) is 0 Å². The predicted molar refractivity (Wildman–Crippen MR) is 85.7 cm³/mol. The van der Waals surface area contributed by atoms with Gasteiger partial charge in [-0.2, -0.15) is 10.1 Å². The molecule has 0 unspecified atom stereocenters. The van der Waals surface area contributed by atoms with Gasteiger partial charge in [-0.25, -0.2) is 9.50 Å². The fourth-order valence-corrected chi connectivity index (χ4v) is 2.62. The smallest absolute Gasteiger partial charge is 0.252 e. The molecule has 0 fully saturated rings. The van der Waals surface area contributed by atoms with Crippen LogP contribution in [0.4, 0.5) is 0 Å². The van der Waals surface area contributed by atoms with Gasteiger partial charge in [0.1, 0.15) is 6.33 Å². The third-order valence-electron chi connectivity index (χ3n) is 3.94. The Morgan fingerprint density at radius 3 is 2.86 bits per heavy atom. The maximum absolute atomic E-state index is 11.9. The lowest BCUT2D eigenvalue weighted by molar-refractivity contribution is -0.121. The highest BCUT2D eigenvalue weighted by Gasteiger charge is 2.12. The molecule has 0 saturated carbocycles. The molecule has 2 aromatic rings. The van der Waals surface area contributed by atoms with Crippen LogP contribution >= 0.6 is 0 Å². The van der Waals surface area contributed by atoms with Crippen LogP contribution < -0.4 is 5.32 Å². The molecule has 1 amide bonds. The van der Waals surface area contributed by atoms with Gasteiger partial charge in [0.15, 0.2) is 0 Å². The minimum absolute atomic E-state index is 0.106. The number of nitrogens with zero attached hydrogens (tertiary/aromatic N) is 4. The van der Waals surface area contributed by atoms with Gasteiger partial charge in [0.2, 0.25) is 5.91 Å². The number of fused-ring (bicyclic) bond motifs is 1. The first-order chi connectivity index (χ1) is 10.6. The molecule has 2 heterocycles. The van der Waals surface area contributed by atoms with E-state index in [1.807, 2.05) is 13.8 Å². The summed E-state index contributed by atoms with van der Waals surface area (Å²) in [7, 11) is 0. The van der Waals surface area contributed by atoms with E-state index in [2.05, 4.69) is 27.3 Å². The van der Waals surface area contributed by atoms with Crippen molar-refractivity contribution in [2.24, 2.45) is 0 Å². The minimum atomic E-state index is 0.106. The van der Waals surface area contributed by atoms with Crippen molar-refractivity contribution in [2.45, 2.75) is 59.3 Å². The summed E-state index contributed by atoms with van der Waals surface area (Å²) in [6.45, 7) is 6.91. The summed E-state index contributed by atoms with van der Waals surface area (Å²) in [5.41, 5.74) is 3.02. The van der Waals surface area contributed by atoms with Crippen molar-refractivity contribution in [1.82, 2.24) is 24.9 Å². The summed E-state index contributed by atoms with van der Waals surface area (Å²) < 4.78 is 1.73. The lowest BCUT2D eigenvalue weighted by Gasteiger charge is -2.10. The molecule has 6 nitrogen and oxygen atoms in total. The van der Waals surface area contributed by atoms with Crippen molar-refractivity contribution in [3.8, 4) is 0 Å². The van der Waals surface area contributed by atoms with Crippen molar-refractivity contribution in [1.29, 1.82) is 0 Å². The quantitative estimate of drug-likeness (QED) is 0.760. The lowest BCUT2D eigenvalue weighted by atomic mass is 10.1. The molecule has 0 aliphatic rings. The third-order valence-corrected chi connectivity index (χ3v) is 3.94. The van der Waals surface area contributed by atoms with Crippen LogP contribution in [-0.2, 0) is 11.2 Å². The average molecular weight is 303 g/mol. The van der Waals surface area contributed by atoms with Crippen LogP contribution in [0.3, 0.4) is 0 Å². The van der Waals surface area contributed by atoms with Crippen LogP contribution in [0.15, 0.2) is 6.33 Å². The second kappa shape index (κ2) is 7.87. The van der Waals surface area contributed by atoms with Crippen molar-refractivity contribution in [3.63, 3.8) is 0 Å². The maximum Gasteiger partial charge on any atom is 0.252 e. The summed E-state index contributed by atoms with van der Waals surface area (Å²) in [4.78, 5) is 20.5. The Balaban J connectivity index is 1.87. The lowest BCUT2D eigenvalue weighted by Crippen LogP contribution is -2.25. The van der Waals surface area contributed by atoms with E-state index in [-0.39, 0.29) is 5.91 Å². The van der Waals surface area contributed by atoms with Gasteiger partial charge in [-0.3, -0.25) is 4.79 Å². The molecule has 0 atom stereocenters. The molecule has 120 valence electrons. The SMILES string of the molecule is CCCCCCNC(=O)CCc1c(C)nc2ncnn2c1C. The molecule has 0 aliphatic heterocycles. The largest absolute Gasteiger partial charge is 0.356 e. The first kappa shape index (κ1) is 16.4. The third kappa shape index (κ3) is 4.02. The summed E-state index contributed by atoms with van der Waals surface area (Å²) in [5.74, 6) is 0.716. The van der Waals surface area contributed by atoms with Crippen LogP contribution in [0, 0.1) is 13.8 Å². The second-order valence-corrected chi connectivity index (χ2v) is 5.64. The van der Waals surface area contributed by atoms with Gasteiger partial charge in [0, 0.05) is 24.4 Å². The Bertz CT molecular complexity index is 635. The van der Waals surface area contributed by atoms with Gasteiger partial charge < -0.3 is 5.32 Å². The molecule has 0 aliphatic carbocycles. The summed E-state index contributed by atoms with van der Waals surface area (Å²) in [6.07, 6.45) is 7.36. The highest BCUT2D eigenvalue weighted by Crippen LogP contribution is 2.14. The number of hydrogen-bond acceptors (Lipinski definition) is 4. The zero-order valence-corrected chi connectivity index (χ0v) is 13.7. The molecule has 0 aromatic carbocycles. The van der Waals surface area contributed by atoms with Crippen LogP contribution in [0.25, 0.3) is 5.78 Å². The van der Waals surface area contributed by atoms with E-state index in [4.69, 9.17) is 0 Å². The fraction of sp³-hybridized carbons (Fsp3) is 0.625. The number of aromatic nitrogens is 4. The predicted octanol–water partition coefficient (Wildman–Crippen LogP) is 2.37. The molecule has 6 heteroatoms.